The second-order valence-corrected chi connectivity index (χ2v) is 9.21. The van der Waals surface area contributed by atoms with Crippen LogP contribution in [0.1, 0.15) is 32.8 Å². The molecule has 37 heavy (non-hydrogen) atoms. The summed E-state index contributed by atoms with van der Waals surface area (Å²) in [4.78, 5) is 12.1. The molecule has 1 unspecified atom stereocenters. The molecule has 3 aromatic carbocycles. The van der Waals surface area contributed by atoms with Gasteiger partial charge in [0.05, 0.1) is 13.5 Å². The van der Waals surface area contributed by atoms with Gasteiger partial charge in [-0.3, -0.25) is 10.2 Å². The van der Waals surface area contributed by atoms with Crippen molar-refractivity contribution in [2.24, 2.45) is 0 Å². The van der Waals surface area contributed by atoms with Gasteiger partial charge in [0.1, 0.15) is 0 Å². The second-order valence-electron chi connectivity index (χ2n) is 9.21. The molecule has 0 amide bonds. The van der Waals surface area contributed by atoms with Crippen LogP contribution in [0.25, 0.3) is 11.1 Å². The largest absolute Gasteiger partial charge is 0.469 e. The molecule has 0 spiro atoms. The maximum Gasteiger partial charge on any atom is 0.309 e. The summed E-state index contributed by atoms with van der Waals surface area (Å²) in [5.74, 6) is -0.248. The first-order chi connectivity index (χ1) is 17.9. The van der Waals surface area contributed by atoms with E-state index in [0.29, 0.717) is 6.04 Å². The summed E-state index contributed by atoms with van der Waals surface area (Å²) in [6.45, 7) is 8.15. The topological polar surface area (TPSA) is 65.6 Å². The standard InChI is InChI=1S/C31H40N4O2/c1-6-23(2)22-35(32-4)24(3)18-19-33-30-21-27(34-26-13-8-7-9-14-26)16-17-29(30)28-15-11-10-12-25(28)20-31(36)37-5/h6-17,21,24,32-34H,18-20,22H2,1-5H3. The number of esters is 1. The van der Waals surface area contributed by atoms with Crippen LogP contribution in [0.15, 0.2) is 84.4 Å². The molecule has 3 rings (SSSR count). The van der Waals surface area contributed by atoms with Crippen molar-refractivity contribution in [3.05, 3.63) is 90.0 Å². The predicted molar refractivity (Wildman–Crippen MR) is 155 cm³/mol. The molecule has 0 aliphatic heterocycles. The number of rotatable bonds is 13. The molecule has 3 N–H and O–H groups in total. The number of nitrogens with one attached hydrogen (secondary N) is 3. The molecule has 0 saturated heterocycles. The average Bonchev–Trinajstić information content (AvgIpc) is 2.92. The Morgan fingerprint density at radius 3 is 2.43 bits per heavy atom. The zero-order chi connectivity index (χ0) is 26.6. The van der Waals surface area contributed by atoms with E-state index >= 15 is 0 Å². The molecule has 0 bridgehead atoms. The third-order valence-corrected chi connectivity index (χ3v) is 6.56. The molecule has 0 heterocycles. The highest BCUT2D eigenvalue weighted by Crippen LogP contribution is 2.34. The number of hydrogen-bond acceptors (Lipinski definition) is 6. The molecule has 0 aliphatic carbocycles. The smallest absolute Gasteiger partial charge is 0.309 e. The minimum Gasteiger partial charge on any atom is -0.469 e. The number of carbonyl (C=O) groups excluding carboxylic acids is 1. The van der Waals surface area contributed by atoms with Crippen LogP contribution < -0.4 is 16.1 Å². The Morgan fingerprint density at radius 1 is 1.00 bits per heavy atom. The van der Waals surface area contributed by atoms with Crippen LogP contribution in [0.5, 0.6) is 0 Å². The van der Waals surface area contributed by atoms with Gasteiger partial charge in [0.15, 0.2) is 0 Å². The average molecular weight is 501 g/mol. The first-order valence-electron chi connectivity index (χ1n) is 12.9. The Hall–Kier alpha value is -3.61. The highest BCUT2D eigenvalue weighted by molar-refractivity contribution is 5.85. The third-order valence-electron chi connectivity index (χ3n) is 6.56. The fraction of sp³-hybridized carbons (Fsp3) is 0.323. The second kappa shape index (κ2) is 14.2. The number of ether oxygens (including phenoxy) is 1. The van der Waals surface area contributed by atoms with Crippen molar-refractivity contribution in [3.63, 3.8) is 0 Å². The minimum absolute atomic E-state index is 0.231. The molecule has 3 aromatic rings. The number of allylic oxidation sites excluding steroid dienone is 1. The van der Waals surface area contributed by atoms with Gasteiger partial charge in [0.2, 0.25) is 0 Å². The highest BCUT2D eigenvalue weighted by atomic mass is 16.5. The van der Waals surface area contributed by atoms with Crippen LogP contribution in [-0.4, -0.2) is 44.3 Å². The van der Waals surface area contributed by atoms with Crippen LogP contribution in [0.3, 0.4) is 0 Å². The lowest BCUT2D eigenvalue weighted by Crippen LogP contribution is -2.43. The SMILES string of the molecule is CC=C(C)CN(NC)C(C)CCNc1cc(Nc2ccccc2)ccc1-c1ccccc1CC(=O)OC. The maximum atomic E-state index is 12.1. The van der Waals surface area contributed by atoms with Crippen molar-refractivity contribution >= 4 is 23.0 Å². The van der Waals surface area contributed by atoms with Crippen molar-refractivity contribution in [1.29, 1.82) is 0 Å². The van der Waals surface area contributed by atoms with E-state index in [1.807, 2.05) is 55.6 Å². The van der Waals surface area contributed by atoms with Gasteiger partial charge >= 0.3 is 5.97 Å². The normalized spacial score (nSPS) is 12.3. The fourth-order valence-corrected chi connectivity index (χ4v) is 4.24. The van der Waals surface area contributed by atoms with Crippen LogP contribution in [0.4, 0.5) is 17.1 Å². The Balaban J connectivity index is 1.86. The van der Waals surface area contributed by atoms with Crippen LogP contribution >= 0.6 is 0 Å². The Kier molecular flexibility index (Phi) is 10.7. The Morgan fingerprint density at radius 2 is 1.73 bits per heavy atom. The summed E-state index contributed by atoms with van der Waals surface area (Å²) in [6.07, 6.45) is 3.34. The van der Waals surface area contributed by atoms with Gasteiger partial charge in [-0.1, -0.05) is 60.2 Å². The number of para-hydroxylation sites is 1. The number of nitrogens with zero attached hydrogens (tertiary/aromatic N) is 1. The van der Waals surface area contributed by atoms with Crippen molar-refractivity contribution < 1.29 is 9.53 Å². The van der Waals surface area contributed by atoms with Crippen LogP contribution in [0.2, 0.25) is 0 Å². The van der Waals surface area contributed by atoms with E-state index in [1.54, 1.807) is 0 Å². The van der Waals surface area contributed by atoms with Crippen LogP contribution in [0, 0.1) is 0 Å². The van der Waals surface area contributed by atoms with E-state index in [2.05, 4.69) is 72.2 Å². The molecular weight excluding hydrogens is 460 g/mol. The van der Waals surface area contributed by atoms with Crippen molar-refractivity contribution in [1.82, 2.24) is 10.4 Å². The Labute approximate surface area is 221 Å². The van der Waals surface area contributed by atoms with E-state index in [1.165, 1.54) is 12.7 Å². The van der Waals surface area contributed by atoms with Gasteiger partial charge in [-0.2, -0.15) is 0 Å². The van der Waals surface area contributed by atoms with E-state index in [-0.39, 0.29) is 12.4 Å². The summed E-state index contributed by atoms with van der Waals surface area (Å²) in [5, 5.41) is 9.44. The van der Waals surface area contributed by atoms with E-state index in [0.717, 1.165) is 53.3 Å². The first-order valence-corrected chi connectivity index (χ1v) is 12.9. The zero-order valence-electron chi connectivity index (χ0n) is 22.7. The number of benzene rings is 3. The molecule has 0 fully saturated rings. The van der Waals surface area contributed by atoms with Gasteiger partial charge < -0.3 is 15.4 Å². The molecule has 0 aromatic heterocycles. The molecule has 0 radical (unpaired) electrons. The summed E-state index contributed by atoms with van der Waals surface area (Å²) in [5.41, 5.74) is 10.7. The van der Waals surface area contributed by atoms with Gasteiger partial charge in [0, 0.05) is 41.8 Å². The molecule has 6 nitrogen and oxygen atoms in total. The predicted octanol–water partition coefficient (Wildman–Crippen LogP) is 6.41. The number of carbonyl (C=O) groups is 1. The summed E-state index contributed by atoms with van der Waals surface area (Å²) in [7, 11) is 3.40. The van der Waals surface area contributed by atoms with Gasteiger partial charge in [-0.25, -0.2) is 5.01 Å². The van der Waals surface area contributed by atoms with Crippen molar-refractivity contribution in [2.75, 3.05) is 37.9 Å². The quantitative estimate of drug-likeness (QED) is 0.143. The molecule has 6 heteroatoms. The summed E-state index contributed by atoms with van der Waals surface area (Å²) >= 11 is 0. The van der Waals surface area contributed by atoms with Gasteiger partial charge in [-0.15, -0.1) is 0 Å². The number of hydrogen-bond donors (Lipinski definition) is 3. The van der Waals surface area contributed by atoms with Crippen molar-refractivity contribution in [3.8, 4) is 11.1 Å². The number of hydrazine groups is 1. The molecular formula is C31H40N4O2. The molecule has 0 aliphatic rings. The highest BCUT2D eigenvalue weighted by Gasteiger charge is 2.15. The summed E-state index contributed by atoms with van der Waals surface area (Å²) < 4.78 is 4.94. The van der Waals surface area contributed by atoms with Gasteiger partial charge in [-0.05, 0) is 69.6 Å². The van der Waals surface area contributed by atoms with E-state index in [9.17, 15) is 4.79 Å². The van der Waals surface area contributed by atoms with Crippen molar-refractivity contribution in [2.45, 2.75) is 39.7 Å². The molecule has 196 valence electrons. The molecule has 0 saturated carbocycles. The lowest BCUT2D eigenvalue weighted by Gasteiger charge is -2.29. The third kappa shape index (κ3) is 8.20. The fourth-order valence-electron chi connectivity index (χ4n) is 4.24. The lowest BCUT2D eigenvalue weighted by molar-refractivity contribution is -0.139. The maximum absolute atomic E-state index is 12.1. The first kappa shape index (κ1) is 28.0. The van der Waals surface area contributed by atoms with Crippen LogP contribution in [-0.2, 0) is 16.0 Å². The number of anilines is 3. The summed E-state index contributed by atoms with van der Waals surface area (Å²) in [6, 6.07) is 24.8. The van der Waals surface area contributed by atoms with E-state index in [4.69, 9.17) is 4.74 Å². The molecule has 1 atom stereocenters. The Bertz CT molecular complexity index is 1180. The minimum atomic E-state index is -0.248. The zero-order valence-corrected chi connectivity index (χ0v) is 22.7. The van der Waals surface area contributed by atoms with Gasteiger partial charge in [0.25, 0.3) is 0 Å². The lowest BCUT2D eigenvalue weighted by atomic mass is 9.95. The van der Waals surface area contributed by atoms with E-state index < -0.39 is 0 Å². The number of methoxy groups -OCH3 is 1. The monoisotopic (exact) mass is 500 g/mol.